The highest BCUT2D eigenvalue weighted by Gasteiger charge is 2.40. The van der Waals surface area contributed by atoms with Crippen molar-refractivity contribution in [3.05, 3.63) is 35.4 Å². The third-order valence-corrected chi connectivity index (χ3v) is 4.50. The number of aliphatic hydroxyl groups is 1. The van der Waals surface area contributed by atoms with Crippen LogP contribution in [0.3, 0.4) is 0 Å². The molecule has 0 amide bonds. The first-order valence-corrected chi connectivity index (χ1v) is 7.10. The van der Waals surface area contributed by atoms with Gasteiger partial charge in [-0.2, -0.15) is 0 Å². The van der Waals surface area contributed by atoms with Gasteiger partial charge < -0.3 is 15.6 Å². The van der Waals surface area contributed by atoms with E-state index < -0.39 is 6.10 Å². The average molecular weight is 263 g/mol. The molecule has 1 aromatic rings. The number of aliphatic hydroxyl groups excluding tert-OH is 1. The standard InChI is InChI=1S/C16H25NO2/c1-12-4-6-13(7-5-12)14(11-17)15(18)10-16(19-2)8-3-9-16/h4-7,14-15,18H,3,8-11,17H2,1-2H3. The minimum atomic E-state index is -0.437. The molecule has 0 aromatic heterocycles. The number of ether oxygens (including phenoxy) is 1. The molecule has 1 fully saturated rings. The predicted molar refractivity (Wildman–Crippen MR) is 77.2 cm³/mol. The molecular weight excluding hydrogens is 238 g/mol. The third kappa shape index (κ3) is 3.16. The predicted octanol–water partition coefficient (Wildman–Crippen LogP) is 2.36. The van der Waals surface area contributed by atoms with E-state index in [0.717, 1.165) is 18.4 Å². The van der Waals surface area contributed by atoms with Gasteiger partial charge in [-0.3, -0.25) is 0 Å². The molecule has 1 aliphatic rings. The maximum Gasteiger partial charge on any atom is 0.0703 e. The number of aryl methyl sites for hydroxylation is 1. The zero-order chi connectivity index (χ0) is 13.9. The molecule has 2 unspecified atom stereocenters. The summed E-state index contributed by atoms with van der Waals surface area (Å²) in [6, 6.07) is 8.27. The van der Waals surface area contributed by atoms with Crippen LogP contribution in [0.25, 0.3) is 0 Å². The molecule has 2 rings (SSSR count). The van der Waals surface area contributed by atoms with E-state index in [0.29, 0.717) is 13.0 Å². The van der Waals surface area contributed by atoms with Crippen molar-refractivity contribution in [1.82, 2.24) is 0 Å². The number of hydrogen-bond donors (Lipinski definition) is 2. The first-order chi connectivity index (χ1) is 9.10. The van der Waals surface area contributed by atoms with E-state index in [9.17, 15) is 5.11 Å². The molecule has 1 aliphatic carbocycles. The first kappa shape index (κ1) is 14.5. The van der Waals surface area contributed by atoms with Gasteiger partial charge in [-0.25, -0.2) is 0 Å². The summed E-state index contributed by atoms with van der Waals surface area (Å²) in [4.78, 5) is 0. The van der Waals surface area contributed by atoms with E-state index in [4.69, 9.17) is 10.5 Å². The summed E-state index contributed by atoms with van der Waals surface area (Å²) in [5.74, 6) is -0.00627. The molecule has 0 spiro atoms. The zero-order valence-corrected chi connectivity index (χ0v) is 11.9. The van der Waals surface area contributed by atoms with Gasteiger partial charge in [0.15, 0.2) is 0 Å². The molecular formula is C16H25NO2. The lowest BCUT2D eigenvalue weighted by Crippen LogP contribution is -2.44. The van der Waals surface area contributed by atoms with Crippen LogP contribution in [-0.4, -0.2) is 30.5 Å². The fourth-order valence-electron chi connectivity index (χ4n) is 2.92. The Balaban J connectivity index is 2.06. The van der Waals surface area contributed by atoms with Gasteiger partial charge in [-0.1, -0.05) is 29.8 Å². The summed E-state index contributed by atoms with van der Waals surface area (Å²) < 4.78 is 5.59. The number of hydrogen-bond acceptors (Lipinski definition) is 3. The van der Waals surface area contributed by atoms with E-state index >= 15 is 0 Å². The molecule has 0 radical (unpaired) electrons. The van der Waals surface area contributed by atoms with Gasteiger partial charge in [0.1, 0.15) is 0 Å². The smallest absolute Gasteiger partial charge is 0.0703 e. The molecule has 19 heavy (non-hydrogen) atoms. The average Bonchev–Trinajstić information content (AvgIpc) is 2.37. The van der Waals surface area contributed by atoms with Gasteiger partial charge >= 0.3 is 0 Å². The highest BCUT2D eigenvalue weighted by atomic mass is 16.5. The molecule has 0 aliphatic heterocycles. The van der Waals surface area contributed by atoms with Gasteiger partial charge in [0.05, 0.1) is 11.7 Å². The summed E-state index contributed by atoms with van der Waals surface area (Å²) >= 11 is 0. The van der Waals surface area contributed by atoms with Crippen molar-refractivity contribution in [2.75, 3.05) is 13.7 Å². The Labute approximate surface area is 115 Å². The Bertz CT molecular complexity index is 392. The van der Waals surface area contributed by atoms with Crippen molar-refractivity contribution >= 4 is 0 Å². The molecule has 0 bridgehead atoms. The lowest BCUT2D eigenvalue weighted by Gasteiger charge is -2.43. The molecule has 1 saturated carbocycles. The topological polar surface area (TPSA) is 55.5 Å². The number of nitrogens with two attached hydrogens (primary N) is 1. The van der Waals surface area contributed by atoms with Gasteiger partial charge in [-0.15, -0.1) is 0 Å². The monoisotopic (exact) mass is 263 g/mol. The highest BCUT2D eigenvalue weighted by Crippen LogP contribution is 2.40. The van der Waals surface area contributed by atoms with Crippen molar-refractivity contribution in [1.29, 1.82) is 0 Å². The molecule has 1 aromatic carbocycles. The molecule has 3 heteroatoms. The number of benzene rings is 1. The summed E-state index contributed by atoms with van der Waals surface area (Å²) in [6.45, 7) is 2.52. The maximum absolute atomic E-state index is 10.5. The van der Waals surface area contributed by atoms with E-state index in [2.05, 4.69) is 31.2 Å². The SMILES string of the molecule is COC1(CC(O)C(CN)c2ccc(C)cc2)CCC1. The van der Waals surface area contributed by atoms with Crippen molar-refractivity contribution in [2.45, 2.75) is 50.2 Å². The van der Waals surface area contributed by atoms with Crippen LogP contribution >= 0.6 is 0 Å². The van der Waals surface area contributed by atoms with Crippen molar-refractivity contribution < 1.29 is 9.84 Å². The second kappa shape index (κ2) is 6.04. The highest BCUT2D eigenvalue weighted by molar-refractivity contribution is 5.26. The maximum atomic E-state index is 10.5. The van der Waals surface area contributed by atoms with Crippen molar-refractivity contribution in [3.63, 3.8) is 0 Å². The van der Waals surface area contributed by atoms with Crippen LogP contribution in [0.4, 0.5) is 0 Å². The van der Waals surface area contributed by atoms with E-state index in [1.807, 2.05) is 0 Å². The Morgan fingerprint density at radius 1 is 1.32 bits per heavy atom. The second-order valence-corrected chi connectivity index (χ2v) is 5.77. The minimum Gasteiger partial charge on any atom is -0.392 e. The van der Waals surface area contributed by atoms with E-state index in [-0.39, 0.29) is 11.5 Å². The quantitative estimate of drug-likeness (QED) is 0.828. The molecule has 3 nitrogen and oxygen atoms in total. The van der Waals surface area contributed by atoms with Crippen LogP contribution in [0.1, 0.15) is 42.7 Å². The fourth-order valence-corrected chi connectivity index (χ4v) is 2.92. The zero-order valence-electron chi connectivity index (χ0n) is 11.9. The van der Waals surface area contributed by atoms with E-state index in [1.165, 1.54) is 12.0 Å². The minimum absolute atomic E-state index is 0.00627. The Morgan fingerprint density at radius 2 is 1.95 bits per heavy atom. The van der Waals surface area contributed by atoms with Crippen LogP contribution in [0, 0.1) is 6.92 Å². The van der Waals surface area contributed by atoms with Crippen molar-refractivity contribution in [2.24, 2.45) is 5.73 Å². The molecule has 2 atom stereocenters. The van der Waals surface area contributed by atoms with E-state index in [1.54, 1.807) is 7.11 Å². The van der Waals surface area contributed by atoms with Crippen LogP contribution < -0.4 is 5.73 Å². The van der Waals surface area contributed by atoms with Gasteiger partial charge in [0.25, 0.3) is 0 Å². The molecule has 0 heterocycles. The normalized spacial score (nSPS) is 20.6. The molecule has 106 valence electrons. The van der Waals surface area contributed by atoms with Crippen LogP contribution in [0.15, 0.2) is 24.3 Å². The van der Waals surface area contributed by atoms with Crippen LogP contribution in [0.5, 0.6) is 0 Å². The summed E-state index contributed by atoms with van der Waals surface area (Å²) in [7, 11) is 1.75. The van der Waals surface area contributed by atoms with Crippen LogP contribution in [0.2, 0.25) is 0 Å². The van der Waals surface area contributed by atoms with Crippen LogP contribution in [-0.2, 0) is 4.74 Å². The summed E-state index contributed by atoms with van der Waals surface area (Å²) in [6.07, 6.45) is 3.53. The van der Waals surface area contributed by atoms with Gasteiger partial charge in [-0.05, 0) is 31.7 Å². The second-order valence-electron chi connectivity index (χ2n) is 5.77. The summed E-state index contributed by atoms with van der Waals surface area (Å²) in [5, 5.41) is 10.5. The Hall–Kier alpha value is -0.900. The van der Waals surface area contributed by atoms with Crippen molar-refractivity contribution in [3.8, 4) is 0 Å². The summed E-state index contributed by atoms with van der Waals surface area (Å²) in [5.41, 5.74) is 8.09. The van der Waals surface area contributed by atoms with Gasteiger partial charge in [0, 0.05) is 26.0 Å². The number of methoxy groups -OCH3 is 1. The first-order valence-electron chi connectivity index (χ1n) is 7.10. The fraction of sp³-hybridized carbons (Fsp3) is 0.625. The lowest BCUT2D eigenvalue weighted by atomic mass is 9.73. The lowest BCUT2D eigenvalue weighted by molar-refractivity contribution is -0.102. The Morgan fingerprint density at radius 3 is 2.37 bits per heavy atom. The van der Waals surface area contributed by atoms with Gasteiger partial charge in [0.2, 0.25) is 0 Å². The molecule has 3 N–H and O–H groups in total. The molecule has 0 saturated heterocycles. The Kier molecular flexibility index (Phi) is 4.61. The third-order valence-electron chi connectivity index (χ3n) is 4.50. The number of rotatable bonds is 6. The largest absolute Gasteiger partial charge is 0.392 e.